The molecule has 1 atom stereocenters. The summed E-state index contributed by atoms with van der Waals surface area (Å²) in [5.74, 6) is 1.82. The Morgan fingerprint density at radius 3 is 2.79 bits per heavy atom. The van der Waals surface area contributed by atoms with E-state index in [0.717, 1.165) is 66.4 Å². The Bertz CT molecular complexity index is 945. The number of rotatable bonds is 6. The summed E-state index contributed by atoms with van der Waals surface area (Å²) in [4.78, 5) is 31.8. The van der Waals surface area contributed by atoms with Crippen molar-refractivity contribution in [3.63, 3.8) is 0 Å². The lowest BCUT2D eigenvalue weighted by Gasteiger charge is -2.32. The third kappa shape index (κ3) is 4.72. The van der Waals surface area contributed by atoms with Crippen molar-refractivity contribution in [3.8, 4) is 0 Å². The van der Waals surface area contributed by atoms with Crippen LogP contribution in [0.2, 0.25) is 0 Å². The average Bonchev–Trinajstić information content (AvgIpc) is 3.13. The van der Waals surface area contributed by atoms with Gasteiger partial charge in [-0.3, -0.25) is 4.79 Å². The van der Waals surface area contributed by atoms with Crippen LogP contribution in [-0.2, 0) is 11.2 Å². The molecule has 0 aliphatic carbocycles. The van der Waals surface area contributed by atoms with Crippen LogP contribution in [-0.4, -0.2) is 45.5 Å². The Kier molecular flexibility index (Phi) is 5.74. The van der Waals surface area contributed by atoms with Gasteiger partial charge in [-0.1, -0.05) is 12.1 Å². The number of aromatic amines is 1. The van der Waals surface area contributed by atoms with Crippen molar-refractivity contribution >= 4 is 22.9 Å². The topological polar surface area (TPSA) is 86.8 Å². The van der Waals surface area contributed by atoms with Crippen LogP contribution in [0.1, 0.15) is 36.5 Å². The fraction of sp³-hybridized carbons (Fsp3) is 0.455. The number of amides is 1. The quantitative estimate of drug-likeness (QED) is 0.630. The molecule has 1 saturated heterocycles. The maximum Gasteiger partial charge on any atom is 0.225 e. The lowest BCUT2D eigenvalue weighted by atomic mass is 9.97. The first-order valence-corrected chi connectivity index (χ1v) is 10.4. The molecule has 0 bridgehead atoms. The molecule has 3 aromatic rings. The highest BCUT2D eigenvalue weighted by Gasteiger charge is 2.27. The highest BCUT2D eigenvalue weighted by molar-refractivity contribution is 5.79. The van der Waals surface area contributed by atoms with E-state index < -0.39 is 0 Å². The molecule has 7 nitrogen and oxygen atoms in total. The van der Waals surface area contributed by atoms with Gasteiger partial charge in [-0.05, 0) is 51.3 Å². The van der Waals surface area contributed by atoms with Crippen LogP contribution < -0.4 is 10.2 Å². The molecule has 4 rings (SSSR count). The molecule has 29 heavy (non-hydrogen) atoms. The number of benzene rings is 1. The van der Waals surface area contributed by atoms with Gasteiger partial charge < -0.3 is 15.2 Å². The number of hydrogen-bond donors (Lipinski definition) is 2. The number of imidazole rings is 1. The third-order valence-corrected chi connectivity index (χ3v) is 5.37. The van der Waals surface area contributed by atoms with Crippen molar-refractivity contribution in [2.24, 2.45) is 5.92 Å². The summed E-state index contributed by atoms with van der Waals surface area (Å²) in [6, 6.07) is 10.00. The summed E-state index contributed by atoms with van der Waals surface area (Å²) >= 11 is 0. The highest BCUT2D eigenvalue weighted by Crippen LogP contribution is 2.21. The first kappa shape index (κ1) is 19.4. The number of carbonyl (C=O) groups is 1. The van der Waals surface area contributed by atoms with Gasteiger partial charge in [-0.25, -0.2) is 15.0 Å². The number of anilines is 1. The van der Waals surface area contributed by atoms with E-state index in [1.807, 2.05) is 44.2 Å². The summed E-state index contributed by atoms with van der Waals surface area (Å²) in [5.41, 5.74) is 3.97. The summed E-state index contributed by atoms with van der Waals surface area (Å²) in [6.45, 7) is 6.20. The SMILES string of the molecule is Cc1cc(C)nc(N2CCC[C@@H](C(=O)NCCCc3nc4ccccc4[nH]3)C2)n1. The number of fused-ring (bicyclic) bond motifs is 1. The molecule has 152 valence electrons. The van der Waals surface area contributed by atoms with E-state index in [1.165, 1.54) is 0 Å². The van der Waals surface area contributed by atoms with Crippen LogP contribution in [0.5, 0.6) is 0 Å². The van der Waals surface area contributed by atoms with E-state index in [0.29, 0.717) is 13.1 Å². The monoisotopic (exact) mass is 392 g/mol. The first-order valence-electron chi connectivity index (χ1n) is 10.4. The van der Waals surface area contributed by atoms with Gasteiger partial charge >= 0.3 is 0 Å². The fourth-order valence-electron chi connectivity index (χ4n) is 3.96. The highest BCUT2D eigenvalue weighted by atomic mass is 16.1. The Labute approximate surface area is 171 Å². The smallest absolute Gasteiger partial charge is 0.225 e. The molecule has 1 fully saturated rings. The van der Waals surface area contributed by atoms with Crippen LogP contribution in [0.3, 0.4) is 0 Å². The molecular formula is C22H28N6O. The number of hydrogen-bond acceptors (Lipinski definition) is 5. The van der Waals surface area contributed by atoms with Crippen LogP contribution in [0.4, 0.5) is 5.95 Å². The molecule has 0 saturated carbocycles. The van der Waals surface area contributed by atoms with Gasteiger partial charge in [0, 0.05) is 37.4 Å². The minimum Gasteiger partial charge on any atom is -0.356 e. The zero-order valence-corrected chi connectivity index (χ0v) is 17.1. The zero-order chi connectivity index (χ0) is 20.2. The summed E-state index contributed by atoms with van der Waals surface area (Å²) in [5, 5.41) is 3.10. The van der Waals surface area contributed by atoms with Crippen molar-refractivity contribution in [2.45, 2.75) is 39.5 Å². The van der Waals surface area contributed by atoms with Gasteiger partial charge in [0.1, 0.15) is 5.82 Å². The van der Waals surface area contributed by atoms with Crippen LogP contribution in [0.15, 0.2) is 30.3 Å². The molecular weight excluding hydrogens is 364 g/mol. The number of para-hydroxylation sites is 2. The molecule has 0 unspecified atom stereocenters. The van der Waals surface area contributed by atoms with E-state index in [2.05, 4.69) is 30.2 Å². The molecule has 2 aromatic heterocycles. The van der Waals surface area contributed by atoms with Gasteiger partial charge in [-0.2, -0.15) is 0 Å². The zero-order valence-electron chi connectivity index (χ0n) is 17.1. The van der Waals surface area contributed by atoms with E-state index in [-0.39, 0.29) is 11.8 Å². The summed E-state index contributed by atoms with van der Waals surface area (Å²) in [7, 11) is 0. The normalized spacial score (nSPS) is 16.9. The number of carbonyl (C=O) groups excluding carboxylic acids is 1. The predicted octanol–water partition coefficient (Wildman–Crippen LogP) is 2.94. The Hall–Kier alpha value is -2.96. The number of aromatic nitrogens is 4. The van der Waals surface area contributed by atoms with Gasteiger partial charge in [0.15, 0.2) is 0 Å². The maximum atomic E-state index is 12.7. The molecule has 0 spiro atoms. The second-order valence-electron chi connectivity index (χ2n) is 7.83. The lowest BCUT2D eigenvalue weighted by Crippen LogP contribution is -2.44. The van der Waals surface area contributed by atoms with Gasteiger partial charge in [-0.15, -0.1) is 0 Å². The molecule has 1 aliphatic heterocycles. The molecule has 1 amide bonds. The largest absolute Gasteiger partial charge is 0.356 e. The van der Waals surface area contributed by atoms with Crippen molar-refractivity contribution < 1.29 is 4.79 Å². The van der Waals surface area contributed by atoms with E-state index in [9.17, 15) is 4.79 Å². The average molecular weight is 393 g/mol. The molecule has 1 aliphatic rings. The molecule has 2 N–H and O–H groups in total. The molecule has 1 aromatic carbocycles. The Morgan fingerprint density at radius 1 is 1.21 bits per heavy atom. The van der Waals surface area contributed by atoms with Crippen LogP contribution in [0, 0.1) is 19.8 Å². The second kappa shape index (κ2) is 8.59. The van der Waals surface area contributed by atoms with Crippen molar-refractivity contribution in [1.82, 2.24) is 25.3 Å². The fourth-order valence-corrected chi connectivity index (χ4v) is 3.96. The Morgan fingerprint density at radius 2 is 2.00 bits per heavy atom. The number of H-pyrrole nitrogens is 1. The third-order valence-electron chi connectivity index (χ3n) is 5.37. The lowest BCUT2D eigenvalue weighted by molar-refractivity contribution is -0.125. The molecule has 0 radical (unpaired) electrons. The maximum absolute atomic E-state index is 12.7. The van der Waals surface area contributed by atoms with E-state index in [4.69, 9.17) is 0 Å². The first-order chi connectivity index (χ1) is 14.1. The van der Waals surface area contributed by atoms with Crippen molar-refractivity contribution in [3.05, 3.63) is 47.5 Å². The summed E-state index contributed by atoms with van der Waals surface area (Å²) in [6.07, 6.45) is 3.58. The standard InChI is InChI=1S/C22H28N6O/c1-15-13-16(2)25-22(24-15)28-12-6-7-17(14-28)21(29)23-11-5-10-20-26-18-8-3-4-9-19(18)27-20/h3-4,8-9,13,17H,5-7,10-12,14H2,1-2H3,(H,23,29)(H,26,27)/t17-/m1/s1. The minimum atomic E-state index is -0.0145. The number of nitrogens with zero attached hydrogens (tertiary/aromatic N) is 4. The number of aryl methyl sites for hydroxylation is 3. The number of nitrogens with one attached hydrogen (secondary N) is 2. The van der Waals surface area contributed by atoms with Crippen molar-refractivity contribution in [1.29, 1.82) is 0 Å². The van der Waals surface area contributed by atoms with Crippen molar-refractivity contribution in [2.75, 3.05) is 24.5 Å². The number of piperidine rings is 1. The van der Waals surface area contributed by atoms with Gasteiger partial charge in [0.2, 0.25) is 11.9 Å². The summed E-state index contributed by atoms with van der Waals surface area (Å²) < 4.78 is 0. The second-order valence-corrected chi connectivity index (χ2v) is 7.83. The molecule has 3 heterocycles. The molecule has 7 heteroatoms. The predicted molar refractivity (Wildman–Crippen MR) is 114 cm³/mol. The van der Waals surface area contributed by atoms with Crippen LogP contribution in [0.25, 0.3) is 11.0 Å². The Balaban J connectivity index is 1.26. The van der Waals surface area contributed by atoms with E-state index >= 15 is 0 Å². The minimum absolute atomic E-state index is 0.0145. The van der Waals surface area contributed by atoms with Crippen LogP contribution >= 0.6 is 0 Å². The van der Waals surface area contributed by atoms with Gasteiger partial charge in [0.05, 0.1) is 17.0 Å². The van der Waals surface area contributed by atoms with Gasteiger partial charge in [0.25, 0.3) is 0 Å². The van der Waals surface area contributed by atoms with E-state index in [1.54, 1.807) is 0 Å².